The quantitative estimate of drug-likeness (QED) is 0.527. The van der Waals surface area contributed by atoms with Crippen LogP contribution in [-0.2, 0) is 27.3 Å². The zero-order valence-corrected chi connectivity index (χ0v) is 17.2. The van der Waals surface area contributed by atoms with E-state index in [1.807, 2.05) is 30.3 Å². The first-order valence-electron chi connectivity index (χ1n) is 9.23. The average Bonchev–Trinajstić information content (AvgIpc) is 3.44. The van der Waals surface area contributed by atoms with Crippen LogP contribution in [0.2, 0.25) is 0 Å². The third-order valence-electron chi connectivity index (χ3n) is 4.23. The van der Waals surface area contributed by atoms with Gasteiger partial charge in [0, 0.05) is 18.5 Å². The average molecular weight is 427 g/mol. The third kappa shape index (κ3) is 6.02. The fraction of sp³-hybridized carbons (Fsp3) is 0.238. The van der Waals surface area contributed by atoms with E-state index in [4.69, 9.17) is 4.42 Å². The molecule has 3 rings (SSSR count). The van der Waals surface area contributed by atoms with Crippen LogP contribution in [0.1, 0.15) is 28.2 Å². The Morgan fingerprint density at radius 3 is 2.67 bits per heavy atom. The van der Waals surface area contributed by atoms with Crippen molar-refractivity contribution in [1.82, 2.24) is 9.88 Å². The molecule has 0 unspecified atom stereocenters. The van der Waals surface area contributed by atoms with Crippen LogP contribution in [0.15, 0.2) is 58.5 Å². The summed E-state index contributed by atoms with van der Waals surface area (Å²) in [6, 6.07) is 12.7. The van der Waals surface area contributed by atoms with Gasteiger partial charge in [0.1, 0.15) is 0 Å². The van der Waals surface area contributed by atoms with Gasteiger partial charge in [0.15, 0.2) is 10.9 Å². The van der Waals surface area contributed by atoms with Gasteiger partial charge in [-0.2, -0.15) is 0 Å². The van der Waals surface area contributed by atoms with Gasteiger partial charge < -0.3 is 14.1 Å². The molecule has 1 N–H and O–H groups in total. The summed E-state index contributed by atoms with van der Waals surface area (Å²) in [5.74, 6) is -0.773. The highest BCUT2D eigenvalue weighted by atomic mass is 32.1. The van der Waals surface area contributed by atoms with Gasteiger partial charge in [0.25, 0.3) is 5.91 Å². The summed E-state index contributed by atoms with van der Waals surface area (Å²) in [5.41, 5.74) is 1.50. The molecule has 2 amide bonds. The molecule has 0 aliphatic rings. The van der Waals surface area contributed by atoms with E-state index in [0.717, 1.165) is 5.56 Å². The molecule has 0 fully saturated rings. The van der Waals surface area contributed by atoms with Gasteiger partial charge in [0.05, 0.1) is 31.9 Å². The molecule has 0 saturated heterocycles. The number of nitrogens with one attached hydrogen (secondary N) is 1. The molecule has 30 heavy (non-hydrogen) atoms. The molecule has 1 aromatic carbocycles. The van der Waals surface area contributed by atoms with Crippen molar-refractivity contribution in [2.24, 2.45) is 0 Å². The summed E-state index contributed by atoms with van der Waals surface area (Å²) >= 11 is 1.23. The van der Waals surface area contributed by atoms with Crippen LogP contribution >= 0.6 is 11.3 Å². The molecule has 0 bridgehead atoms. The first kappa shape index (κ1) is 21.3. The number of esters is 1. The number of ether oxygens (including phenoxy) is 1. The highest BCUT2D eigenvalue weighted by molar-refractivity contribution is 7.14. The first-order chi connectivity index (χ1) is 14.5. The number of thiazole rings is 1. The van der Waals surface area contributed by atoms with Gasteiger partial charge in [-0.25, -0.2) is 4.98 Å². The Kier molecular flexibility index (Phi) is 7.34. The topological polar surface area (TPSA) is 102 Å². The maximum Gasteiger partial charge on any atom is 0.307 e. The number of furan rings is 1. The van der Waals surface area contributed by atoms with E-state index in [1.54, 1.807) is 22.4 Å². The van der Waals surface area contributed by atoms with E-state index in [2.05, 4.69) is 15.0 Å². The second-order valence-corrected chi connectivity index (χ2v) is 7.24. The lowest BCUT2D eigenvalue weighted by Gasteiger charge is -2.22. The minimum atomic E-state index is -0.406. The molecule has 0 saturated carbocycles. The summed E-state index contributed by atoms with van der Waals surface area (Å²) in [6.45, 7) is 0.621. The number of anilines is 1. The van der Waals surface area contributed by atoms with E-state index in [1.165, 1.54) is 24.7 Å². The van der Waals surface area contributed by atoms with Crippen molar-refractivity contribution < 1.29 is 23.5 Å². The number of methoxy groups -OCH3 is 1. The number of carbonyl (C=O) groups excluding carboxylic acids is 3. The largest absolute Gasteiger partial charge is 0.469 e. The second kappa shape index (κ2) is 10.4. The van der Waals surface area contributed by atoms with Crippen LogP contribution in [0, 0.1) is 0 Å². The van der Waals surface area contributed by atoms with Crippen molar-refractivity contribution in [1.29, 1.82) is 0 Å². The zero-order valence-electron chi connectivity index (χ0n) is 16.4. The summed E-state index contributed by atoms with van der Waals surface area (Å²) in [6.07, 6.45) is 1.58. The molecule has 0 atom stereocenters. The SMILES string of the molecule is COC(=O)CCN(Cc1ccccc1)C(=O)Cc1csc(NC(=O)c2ccco2)n1. The normalized spacial score (nSPS) is 10.4. The van der Waals surface area contributed by atoms with Crippen molar-refractivity contribution in [3.63, 3.8) is 0 Å². The van der Waals surface area contributed by atoms with Crippen LogP contribution in [-0.4, -0.2) is 41.3 Å². The predicted octanol–water partition coefficient (Wildman–Crippen LogP) is 3.12. The van der Waals surface area contributed by atoms with Gasteiger partial charge in [0.2, 0.25) is 5.91 Å². The number of nitrogens with zero attached hydrogens (tertiary/aromatic N) is 2. The summed E-state index contributed by atoms with van der Waals surface area (Å²) in [5, 5.41) is 4.74. The maximum absolute atomic E-state index is 12.9. The maximum atomic E-state index is 12.9. The van der Waals surface area contributed by atoms with Crippen molar-refractivity contribution in [2.45, 2.75) is 19.4 Å². The molecule has 0 radical (unpaired) electrons. The van der Waals surface area contributed by atoms with Crippen LogP contribution in [0.3, 0.4) is 0 Å². The standard InChI is InChI=1S/C21H21N3O5S/c1-28-19(26)9-10-24(13-15-6-3-2-4-7-15)18(25)12-16-14-30-21(22-16)23-20(27)17-8-5-11-29-17/h2-8,11,14H,9-10,12-13H2,1H3,(H,22,23,27). The van der Waals surface area contributed by atoms with Crippen LogP contribution in [0.25, 0.3) is 0 Å². The Hall–Kier alpha value is -3.46. The number of hydrogen-bond acceptors (Lipinski definition) is 7. The monoisotopic (exact) mass is 427 g/mol. The molecule has 8 nitrogen and oxygen atoms in total. The lowest BCUT2D eigenvalue weighted by atomic mass is 10.2. The number of carbonyl (C=O) groups is 3. The fourth-order valence-electron chi connectivity index (χ4n) is 2.70. The Balaban J connectivity index is 1.63. The number of rotatable bonds is 9. The van der Waals surface area contributed by atoms with Crippen LogP contribution in [0.4, 0.5) is 5.13 Å². The minimum absolute atomic E-state index is 0.0567. The lowest BCUT2D eigenvalue weighted by Crippen LogP contribution is -2.34. The van der Waals surface area contributed by atoms with Gasteiger partial charge in [-0.05, 0) is 17.7 Å². The number of aromatic nitrogens is 1. The highest BCUT2D eigenvalue weighted by Gasteiger charge is 2.18. The molecule has 2 aromatic heterocycles. The van der Waals surface area contributed by atoms with E-state index >= 15 is 0 Å². The van der Waals surface area contributed by atoms with Crippen molar-refractivity contribution in [3.8, 4) is 0 Å². The smallest absolute Gasteiger partial charge is 0.307 e. The number of benzene rings is 1. The Morgan fingerprint density at radius 1 is 1.17 bits per heavy atom. The van der Waals surface area contributed by atoms with Crippen molar-refractivity contribution >= 4 is 34.3 Å². The van der Waals surface area contributed by atoms with Gasteiger partial charge in [-0.3, -0.25) is 19.7 Å². The first-order valence-corrected chi connectivity index (χ1v) is 10.1. The van der Waals surface area contributed by atoms with E-state index < -0.39 is 5.91 Å². The molecular weight excluding hydrogens is 406 g/mol. The second-order valence-electron chi connectivity index (χ2n) is 6.38. The zero-order chi connectivity index (χ0) is 21.3. The molecule has 0 aliphatic carbocycles. The summed E-state index contributed by atoms with van der Waals surface area (Å²) in [7, 11) is 1.32. The van der Waals surface area contributed by atoms with Gasteiger partial charge >= 0.3 is 5.97 Å². The van der Waals surface area contributed by atoms with E-state index in [-0.39, 0.29) is 37.0 Å². The fourth-order valence-corrected chi connectivity index (χ4v) is 3.41. The lowest BCUT2D eigenvalue weighted by molar-refractivity contribution is -0.141. The Bertz CT molecular complexity index is 985. The third-order valence-corrected chi connectivity index (χ3v) is 5.04. The molecule has 9 heteroatoms. The molecule has 0 spiro atoms. The van der Waals surface area contributed by atoms with Gasteiger partial charge in [-0.1, -0.05) is 30.3 Å². The van der Waals surface area contributed by atoms with Crippen LogP contribution in [0.5, 0.6) is 0 Å². The van der Waals surface area contributed by atoms with Crippen LogP contribution < -0.4 is 5.32 Å². The Labute approximate surface area is 177 Å². The number of hydrogen-bond donors (Lipinski definition) is 1. The number of amides is 2. The minimum Gasteiger partial charge on any atom is -0.469 e. The molecule has 3 aromatic rings. The molecule has 156 valence electrons. The summed E-state index contributed by atoms with van der Waals surface area (Å²) in [4.78, 5) is 42.4. The van der Waals surface area contributed by atoms with Crippen molar-refractivity contribution in [3.05, 3.63) is 71.1 Å². The predicted molar refractivity (Wildman–Crippen MR) is 111 cm³/mol. The van der Waals surface area contributed by atoms with E-state index in [0.29, 0.717) is 17.4 Å². The molecular formula is C21H21N3O5S. The molecule has 2 heterocycles. The van der Waals surface area contributed by atoms with E-state index in [9.17, 15) is 14.4 Å². The Morgan fingerprint density at radius 2 is 1.97 bits per heavy atom. The van der Waals surface area contributed by atoms with Gasteiger partial charge in [-0.15, -0.1) is 11.3 Å². The molecule has 0 aliphatic heterocycles. The highest BCUT2D eigenvalue weighted by Crippen LogP contribution is 2.18. The van der Waals surface area contributed by atoms with Crippen molar-refractivity contribution in [2.75, 3.05) is 19.0 Å². The summed E-state index contributed by atoms with van der Waals surface area (Å²) < 4.78 is 9.73.